The van der Waals surface area contributed by atoms with Crippen molar-refractivity contribution in [3.05, 3.63) is 35.9 Å². The Labute approximate surface area is 128 Å². The Hall–Kier alpha value is -1.39. The number of nitrogens with zero attached hydrogens (tertiary/aromatic N) is 1. The second kappa shape index (κ2) is 9.53. The summed E-state index contributed by atoms with van der Waals surface area (Å²) in [6, 6.07) is 10.2. The van der Waals surface area contributed by atoms with Crippen molar-refractivity contribution in [1.29, 1.82) is 0 Å². The third kappa shape index (κ3) is 5.48. The molecule has 0 spiro atoms. The number of amides is 1. The van der Waals surface area contributed by atoms with Crippen LogP contribution < -0.4 is 5.73 Å². The molecular formula is C17H28N2O2. The number of carbonyl (C=O) groups is 1. The molecule has 0 fully saturated rings. The molecule has 2 atom stereocenters. The summed E-state index contributed by atoms with van der Waals surface area (Å²) in [6.07, 6.45) is 1.62. The Kier molecular flexibility index (Phi) is 8.01. The average molecular weight is 292 g/mol. The minimum atomic E-state index is -0.168. The van der Waals surface area contributed by atoms with Crippen molar-refractivity contribution >= 4 is 5.91 Å². The standard InChI is InChI=1S/C17H28N2O2/c1-4-14(2)19(10-11-21-3)17(20)16(13-18)12-15-8-6-5-7-9-15/h5-9,14,16H,4,10-13,18H2,1-3H3. The normalized spacial score (nSPS) is 13.7. The van der Waals surface area contributed by atoms with E-state index in [-0.39, 0.29) is 17.9 Å². The molecule has 2 unspecified atom stereocenters. The van der Waals surface area contributed by atoms with Crippen molar-refractivity contribution in [3.8, 4) is 0 Å². The summed E-state index contributed by atoms with van der Waals surface area (Å²) in [7, 11) is 1.66. The molecule has 0 radical (unpaired) electrons. The molecule has 0 aromatic heterocycles. The number of hydrogen-bond donors (Lipinski definition) is 1. The molecule has 118 valence electrons. The minimum Gasteiger partial charge on any atom is -0.383 e. The van der Waals surface area contributed by atoms with Crippen LogP contribution in [0.1, 0.15) is 25.8 Å². The van der Waals surface area contributed by atoms with E-state index in [4.69, 9.17) is 10.5 Å². The van der Waals surface area contributed by atoms with Gasteiger partial charge in [0, 0.05) is 26.2 Å². The fourth-order valence-corrected chi connectivity index (χ4v) is 2.36. The first-order chi connectivity index (χ1) is 10.1. The average Bonchev–Trinajstić information content (AvgIpc) is 2.53. The Morgan fingerprint density at radius 3 is 2.52 bits per heavy atom. The van der Waals surface area contributed by atoms with Gasteiger partial charge in [0.1, 0.15) is 0 Å². The Balaban J connectivity index is 2.77. The maximum Gasteiger partial charge on any atom is 0.227 e. The van der Waals surface area contributed by atoms with Crippen molar-refractivity contribution in [3.63, 3.8) is 0 Å². The summed E-state index contributed by atoms with van der Waals surface area (Å²) < 4.78 is 5.12. The second-order valence-corrected chi connectivity index (χ2v) is 5.40. The predicted molar refractivity (Wildman–Crippen MR) is 86.0 cm³/mol. The summed E-state index contributed by atoms with van der Waals surface area (Å²) in [6.45, 7) is 5.71. The van der Waals surface area contributed by atoms with Gasteiger partial charge in [-0.05, 0) is 25.3 Å². The smallest absolute Gasteiger partial charge is 0.227 e. The molecule has 0 aliphatic carbocycles. The van der Waals surface area contributed by atoms with E-state index >= 15 is 0 Å². The van der Waals surface area contributed by atoms with E-state index < -0.39 is 0 Å². The monoisotopic (exact) mass is 292 g/mol. The van der Waals surface area contributed by atoms with E-state index in [0.29, 0.717) is 26.1 Å². The van der Waals surface area contributed by atoms with E-state index in [9.17, 15) is 4.79 Å². The quantitative estimate of drug-likeness (QED) is 0.758. The van der Waals surface area contributed by atoms with E-state index in [1.54, 1.807) is 7.11 Å². The van der Waals surface area contributed by atoms with Gasteiger partial charge < -0.3 is 15.4 Å². The molecular weight excluding hydrogens is 264 g/mol. The van der Waals surface area contributed by atoms with Crippen molar-refractivity contribution in [1.82, 2.24) is 4.90 Å². The minimum absolute atomic E-state index is 0.132. The molecule has 0 bridgehead atoms. The fraction of sp³-hybridized carbons (Fsp3) is 0.588. The van der Waals surface area contributed by atoms with Gasteiger partial charge in [-0.3, -0.25) is 4.79 Å². The van der Waals surface area contributed by atoms with Crippen LogP contribution in [0.2, 0.25) is 0 Å². The van der Waals surface area contributed by atoms with Gasteiger partial charge in [0.2, 0.25) is 5.91 Å². The molecule has 21 heavy (non-hydrogen) atoms. The van der Waals surface area contributed by atoms with Crippen LogP contribution in [0, 0.1) is 5.92 Å². The first-order valence-corrected chi connectivity index (χ1v) is 7.67. The topological polar surface area (TPSA) is 55.6 Å². The molecule has 1 rings (SSSR count). The van der Waals surface area contributed by atoms with Crippen LogP contribution in [0.5, 0.6) is 0 Å². The van der Waals surface area contributed by atoms with Gasteiger partial charge in [-0.2, -0.15) is 0 Å². The Morgan fingerprint density at radius 1 is 1.33 bits per heavy atom. The molecule has 0 saturated carbocycles. The van der Waals surface area contributed by atoms with Gasteiger partial charge in [0.25, 0.3) is 0 Å². The number of benzene rings is 1. The van der Waals surface area contributed by atoms with Crippen molar-refractivity contribution < 1.29 is 9.53 Å². The van der Waals surface area contributed by atoms with Crippen LogP contribution in [0.25, 0.3) is 0 Å². The zero-order valence-corrected chi connectivity index (χ0v) is 13.4. The molecule has 0 saturated heterocycles. The molecule has 0 aliphatic heterocycles. The van der Waals surface area contributed by atoms with Gasteiger partial charge in [-0.1, -0.05) is 37.3 Å². The number of methoxy groups -OCH3 is 1. The number of rotatable bonds is 9. The molecule has 4 nitrogen and oxygen atoms in total. The zero-order chi connectivity index (χ0) is 15.7. The van der Waals surface area contributed by atoms with Crippen LogP contribution in [0.4, 0.5) is 0 Å². The SMILES string of the molecule is CCC(C)N(CCOC)C(=O)C(CN)Cc1ccccc1. The molecule has 4 heteroatoms. The number of carbonyl (C=O) groups excluding carboxylic acids is 1. The Morgan fingerprint density at radius 2 is 2.00 bits per heavy atom. The highest BCUT2D eigenvalue weighted by Gasteiger charge is 2.26. The number of ether oxygens (including phenoxy) is 1. The molecule has 1 aromatic carbocycles. The molecule has 2 N–H and O–H groups in total. The van der Waals surface area contributed by atoms with Crippen LogP contribution >= 0.6 is 0 Å². The summed E-state index contributed by atoms with van der Waals surface area (Å²) >= 11 is 0. The highest BCUT2D eigenvalue weighted by atomic mass is 16.5. The van der Waals surface area contributed by atoms with Gasteiger partial charge in [0.15, 0.2) is 0 Å². The third-order valence-electron chi connectivity index (χ3n) is 3.90. The van der Waals surface area contributed by atoms with Crippen molar-refractivity contribution in [2.75, 3.05) is 26.8 Å². The van der Waals surface area contributed by atoms with Crippen LogP contribution in [-0.2, 0) is 16.0 Å². The van der Waals surface area contributed by atoms with Gasteiger partial charge in [0.05, 0.1) is 12.5 Å². The van der Waals surface area contributed by atoms with Gasteiger partial charge >= 0.3 is 0 Å². The predicted octanol–water partition coefficient (Wildman–Crippen LogP) is 2.08. The van der Waals surface area contributed by atoms with E-state index in [0.717, 1.165) is 12.0 Å². The molecule has 0 aliphatic rings. The molecule has 1 amide bonds. The third-order valence-corrected chi connectivity index (χ3v) is 3.90. The summed E-state index contributed by atoms with van der Waals surface area (Å²) in [5, 5.41) is 0. The summed E-state index contributed by atoms with van der Waals surface area (Å²) in [4.78, 5) is 14.7. The van der Waals surface area contributed by atoms with Crippen LogP contribution in [0.3, 0.4) is 0 Å². The van der Waals surface area contributed by atoms with Crippen LogP contribution in [-0.4, -0.2) is 43.7 Å². The lowest BCUT2D eigenvalue weighted by atomic mass is 9.97. The van der Waals surface area contributed by atoms with Crippen molar-refractivity contribution in [2.24, 2.45) is 11.7 Å². The summed E-state index contributed by atoms with van der Waals surface area (Å²) in [5.74, 6) is -0.0361. The highest BCUT2D eigenvalue weighted by Crippen LogP contribution is 2.14. The first kappa shape index (κ1) is 17.7. The number of hydrogen-bond acceptors (Lipinski definition) is 3. The Bertz CT molecular complexity index is 409. The first-order valence-electron chi connectivity index (χ1n) is 7.67. The fourth-order valence-electron chi connectivity index (χ4n) is 2.36. The van der Waals surface area contributed by atoms with Crippen molar-refractivity contribution in [2.45, 2.75) is 32.7 Å². The number of nitrogens with two attached hydrogens (primary N) is 1. The van der Waals surface area contributed by atoms with E-state index in [1.165, 1.54) is 0 Å². The summed E-state index contributed by atoms with van der Waals surface area (Å²) in [5.41, 5.74) is 7.00. The lowest BCUT2D eigenvalue weighted by Crippen LogP contribution is -2.46. The van der Waals surface area contributed by atoms with E-state index in [1.807, 2.05) is 35.2 Å². The molecule has 0 heterocycles. The second-order valence-electron chi connectivity index (χ2n) is 5.40. The molecule has 1 aromatic rings. The lowest BCUT2D eigenvalue weighted by molar-refractivity contribution is -0.138. The maximum absolute atomic E-state index is 12.8. The lowest BCUT2D eigenvalue weighted by Gasteiger charge is -2.31. The zero-order valence-electron chi connectivity index (χ0n) is 13.4. The largest absolute Gasteiger partial charge is 0.383 e. The maximum atomic E-state index is 12.8. The van der Waals surface area contributed by atoms with Gasteiger partial charge in [-0.25, -0.2) is 0 Å². The van der Waals surface area contributed by atoms with Gasteiger partial charge in [-0.15, -0.1) is 0 Å². The van der Waals surface area contributed by atoms with Crippen LogP contribution in [0.15, 0.2) is 30.3 Å². The van der Waals surface area contributed by atoms with E-state index in [2.05, 4.69) is 13.8 Å². The highest BCUT2D eigenvalue weighted by molar-refractivity contribution is 5.79.